The van der Waals surface area contributed by atoms with Crippen LogP contribution in [0.5, 0.6) is 0 Å². The molecule has 0 radical (unpaired) electrons. The first-order valence-corrected chi connectivity index (χ1v) is 10.2. The molecule has 2 unspecified atom stereocenters. The normalized spacial score (nSPS) is 20.7. The number of nitro groups is 1. The van der Waals surface area contributed by atoms with E-state index in [-0.39, 0.29) is 22.3 Å². The summed E-state index contributed by atoms with van der Waals surface area (Å²) in [6.07, 6.45) is 2.94. The van der Waals surface area contributed by atoms with Gasteiger partial charge in [-0.15, -0.1) is 0 Å². The van der Waals surface area contributed by atoms with Crippen LogP contribution in [-0.2, 0) is 14.8 Å². The van der Waals surface area contributed by atoms with Gasteiger partial charge in [-0.25, -0.2) is 13.6 Å². The number of nitrogens with one attached hydrogen (secondary N) is 2. The highest BCUT2D eigenvalue weighted by Crippen LogP contribution is 2.28. The van der Waals surface area contributed by atoms with Crippen LogP contribution in [0.4, 0.5) is 11.4 Å². The summed E-state index contributed by atoms with van der Waals surface area (Å²) in [4.78, 5) is 10.4. The fourth-order valence-electron chi connectivity index (χ4n) is 3.19. The summed E-state index contributed by atoms with van der Waals surface area (Å²) in [5.41, 5.74) is -0.0114. The number of rotatable bonds is 9. The molecular weight excluding hydrogens is 360 g/mol. The number of primary sulfonamides is 1. The second-order valence-corrected chi connectivity index (χ2v) is 7.87. The zero-order valence-corrected chi connectivity index (χ0v) is 15.6. The number of nitrogens with zero attached hydrogens (tertiary/aromatic N) is 1. The Morgan fingerprint density at radius 2 is 2.23 bits per heavy atom. The molecule has 0 spiro atoms. The van der Waals surface area contributed by atoms with Gasteiger partial charge >= 0.3 is 0 Å². The molecule has 1 aromatic carbocycles. The molecular formula is C16H26N4O5S. The lowest BCUT2D eigenvalue weighted by Gasteiger charge is -2.33. The van der Waals surface area contributed by atoms with Gasteiger partial charge in [0.05, 0.1) is 9.82 Å². The van der Waals surface area contributed by atoms with E-state index in [1.54, 1.807) is 0 Å². The standard InChI is InChI=1S/C16H26N4O5S/c1-2-25-9-7-14-12(4-3-8-18-14)11-19-15-6-5-13(26(17,23)24)10-16(15)20(21)22/h5-6,10,12,14,18-19H,2-4,7-9,11H2,1H3,(H2,17,23,24). The Morgan fingerprint density at radius 3 is 2.88 bits per heavy atom. The highest BCUT2D eigenvalue weighted by Gasteiger charge is 2.26. The van der Waals surface area contributed by atoms with Crippen LogP contribution >= 0.6 is 0 Å². The predicted octanol–water partition coefficient (Wildman–Crippen LogP) is 1.45. The van der Waals surface area contributed by atoms with Crippen LogP contribution in [-0.4, -0.2) is 45.7 Å². The maximum atomic E-state index is 11.4. The van der Waals surface area contributed by atoms with Crippen LogP contribution < -0.4 is 15.8 Å². The third-order valence-corrected chi connectivity index (χ3v) is 5.46. The van der Waals surface area contributed by atoms with E-state index in [1.165, 1.54) is 12.1 Å². The number of hydrogen-bond donors (Lipinski definition) is 3. The Bertz CT molecular complexity index is 725. The monoisotopic (exact) mass is 386 g/mol. The molecule has 1 aliphatic rings. The van der Waals surface area contributed by atoms with Gasteiger partial charge in [-0.05, 0) is 50.8 Å². The van der Waals surface area contributed by atoms with Crippen molar-refractivity contribution in [1.82, 2.24) is 5.32 Å². The first kappa shape index (κ1) is 20.6. The fourth-order valence-corrected chi connectivity index (χ4v) is 3.72. The molecule has 1 aliphatic heterocycles. The Labute approximate surface area is 153 Å². The molecule has 10 heteroatoms. The molecule has 2 rings (SSSR count). The molecule has 2 atom stereocenters. The summed E-state index contributed by atoms with van der Waals surface area (Å²) in [6.45, 7) is 4.82. The van der Waals surface area contributed by atoms with E-state index in [2.05, 4.69) is 10.6 Å². The average molecular weight is 386 g/mol. The van der Waals surface area contributed by atoms with Gasteiger partial charge in [0.25, 0.3) is 5.69 Å². The third-order valence-electron chi connectivity index (χ3n) is 4.55. The minimum absolute atomic E-state index is 0.274. The smallest absolute Gasteiger partial charge is 0.293 e. The van der Waals surface area contributed by atoms with Crippen molar-refractivity contribution in [2.45, 2.75) is 37.1 Å². The van der Waals surface area contributed by atoms with Gasteiger partial charge in [-0.1, -0.05) is 0 Å². The highest BCUT2D eigenvalue weighted by molar-refractivity contribution is 7.89. The lowest BCUT2D eigenvalue weighted by molar-refractivity contribution is -0.384. The first-order valence-electron chi connectivity index (χ1n) is 8.69. The lowest BCUT2D eigenvalue weighted by atomic mass is 9.89. The Balaban J connectivity index is 2.08. The van der Waals surface area contributed by atoms with Crippen molar-refractivity contribution >= 4 is 21.4 Å². The number of sulfonamides is 1. The van der Waals surface area contributed by atoms with Crippen molar-refractivity contribution in [2.24, 2.45) is 11.1 Å². The molecule has 1 heterocycles. The largest absolute Gasteiger partial charge is 0.382 e. The second kappa shape index (κ2) is 9.26. The molecule has 9 nitrogen and oxygen atoms in total. The minimum atomic E-state index is -3.99. The molecule has 0 amide bonds. The minimum Gasteiger partial charge on any atom is -0.382 e. The van der Waals surface area contributed by atoms with Gasteiger partial charge in [0, 0.05) is 31.9 Å². The molecule has 1 aromatic rings. The van der Waals surface area contributed by atoms with Crippen molar-refractivity contribution in [3.05, 3.63) is 28.3 Å². The van der Waals surface area contributed by atoms with E-state index in [0.717, 1.165) is 31.9 Å². The number of piperidine rings is 1. The number of nitro benzene ring substituents is 1. The molecule has 0 aromatic heterocycles. The Kier molecular flexibility index (Phi) is 7.33. The summed E-state index contributed by atoms with van der Waals surface area (Å²) in [7, 11) is -3.99. The number of ether oxygens (including phenoxy) is 1. The van der Waals surface area contributed by atoms with Crippen molar-refractivity contribution in [3.63, 3.8) is 0 Å². The van der Waals surface area contributed by atoms with Crippen LogP contribution in [0.25, 0.3) is 0 Å². The molecule has 26 heavy (non-hydrogen) atoms. The van der Waals surface area contributed by atoms with Crippen LogP contribution in [0.15, 0.2) is 23.1 Å². The summed E-state index contributed by atoms with van der Waals surface area (Å²) < 4.78 is 28.2. The van der Waals surface area contributed by atoms with Crippen LogP contribution in [0.3, 0.4) is 0 Å². The van der Waals surface area contributed by atoms with E-state index < -0.39 is 14.9 Å². The van der Waals surface area contributed by atoms with E-state index in [1.807, 2.05) is 6.92 Å². The number of benzene rings is 1. The quantitative estimate of drug-likeness (QED) is 0.332. The average Bonchev–Trinajstić information content (AvgIpc) is 2.60. The van der Waals surface area contributed by atoms with Gasteiger partial charge in [0.2, 0.25) is 10.0 Å². The lowest BCUT2D eigenvalue weighted by Crippen LogP contribution is -2.44. The zero-order chi connectivity index (χ0) is 19.2. The Morgan fingerprint density at radius 1 is 1.46 bits per heavy atom. The molecule has 0 aliphatic carbocycles. The number of nitrogens with two attached hydrogens (primary N) is 1. The van der Waals surface area contributed by atoms with Crippen LogP contribution in [0.2, 0.25) is 0 Å². The van der Waals surface area contributed by atoms with Crippen LogP contribution in [0, 0.1) is 16.0 Å². The number of hydrogen-bond acceptors (Lipinski definition) is 7. The van der Waals surface area contributed by atoms with E-state index in [4.69, 9.17) is 9.88 Å². The van der Waals surface area contributed by atoms with E-state index in [0.29, 0.717) is 25.7 Å². The number of anilines is 1. The highest BCUT2D eigenvalue weighted by atomic mass is 32.2. The Hall–Kier alpha value is -1.75. The summed E-state index contributed by atoms with van der Waals surface area (Å²) in [5.74, 6) is 0.307. The molecule has 0 saturated carbocycles. The van der Waals surface area contributed by atoms with Crippen molar-refractivity contribution in [2.75, 3.05) is 31.6 Å². The second-order valence-electron chi connectivity index (χ2n) is 6.31. The van der Waals surface area contributed by atoms with Gasteiger partial charge < -0.3 is 15.4 Å². The fraction of sp³-hybridized carbons (Fsp3) is 0.625. The third kappa shape index (κ3) is 5.63. The zero-order valence-electron chi connectivity index (χ0n) is 14.8. The predicted molar refractivity (Wildman–Crippen MR) is 98.6 cm³/mol. The molecule has 146 valence electrons. The topological polar surface area (TPSA) is 137 Å². The first-order chi connectivity index (χ1) is 12.3. The van der Waals surface area contributed by atoms with Crippen molar-refractivity contribution < 1.29 is 18.1 Å². The molecule has 1 saturated heterocycles. The maximum absolute atomic E-state index is 11.4. The van der Waals surface area contributed by atoms with Gasteiger partial charge in [-0.2, -0.15) is 0 Å². The van der Waals surface area contributed by atoms with Gasteiger partial charge in [-0.3, -0.25) is 10.1 Å². The van der Waals surface area contributed by atoms with Crippen molar-refractivity contribution in [3.8, 4) is 0 Å². The van der Waals surface area contributed by atoms with E-state index >= 15 is 0 Å². The molecule has 0 bridgehead atoms. The van der Waals surface area contributed by atoms with Gasteiger partial charge in [0.1, 0.15) is 5.69 Å². The summed E-state index contributed by atoms with van der Waals surface area (Å²) >= 11 is 0. The van der Waals surface area contributed by atoms with Crippen LogP contribution in [0.1, 0.15) is 26.2 Å². The van der Waals surface area contributed by atoms with E-state index in [9.17, 15) is 18.5 Å². The van der Waals surface area contributed by atoms with Gasteiger partial charge in [0.15, 0.2) is 0 Å². The molecule has 4 N–H and O–H groups in total. The maximum Gasteiger partial charge on any atom is 0.293 e. The van der Waals surface area contributed by atoms with Crippen molar-refractivity contribution in [1.29, 1.82) is 0 Å². The summed E-state index contributed by atoms with van der Waals surface area (Å²) in [6, 6.07) is 3.94. The molecule has 1 fully saturated rings. The SMILES string of the molecule is CCOCCC1NCCCC1CNc1ccc(S(N)(=O)=O)cc1[N+](=O)[O-]. The summed E-state index contributed by atoms with van der Waals surface area (Å²) in [5, 5.41) is 22.9.